The molecule has 1 aromatic rings. The van der Waals surface area contributed by atoms with Gasteiger partial charge < -0.3 is 10.3 Å². The standard InChI is InChI=1S/C7H11N3OS/c8-5-3-1-2-4(5)6-9-7(12)11-10-6/h4-5H,1-3,8H2,(H,9,10,12)/t4-,5+/m1/s1. The van der Waals surface area contributed by atoms with Crippen LogP contribution in [0.25, 0.3) is 0 Å². The van der Waals surface area contributed by atoms with E-state index in [-0.39, 0.29) is 10.9 Å². The Morgan fingerprint density at radius 3 is 2.92 bits per heavy atom. The SMILES string of the molecule is N[C@H]1CCC[C@H]1c1nc(=S)o[nH]1. The van der Waals surface area contributed by atoms with Gasteiger partial charge in [-0.05, 0) is 25.1 Å². The Morgan fingerprint density at radius 1 is 1.58 bits per heavy atom. The normalized spacial score (nSPS) is 29.4. The molecule has 2 rings (SSSR count). The number of hydrogen-bond donors (Lipinski definition) is 2. The second-order valence-corrected chi connectivity index (χ2v) is 3.52. The van der Waals surface area contributed by atoms with E-state index in [1.807, 2.05) is 0 Å². The lowest BCUT2D eigenvalue weighted by molar-refractivity contribution is 0.390. The monoisotopic (exact) mass is 185 g/mol. The summed E-state index contributed by atoms with van der Waals surface area (Å²) in [6, 6.07) is 0.209. The molecular weight excluding hydrogens is 174 g/mol. The van der Waals surface area contributed by atoms with Gasteiger partial charge in [0.2, 0.25) is 0 Å². The van der Waals surface area contributed by atoms with Crippen LogP contribution in [0.2, 0.25) is 0 Å². The first-order valence-corrected chi connectivity index (χ1v) is 4.49. The largest absolute Gasteiger partial charge is 0.348 e. The molecule has 0 bridgehead atoms. The highest BCUT2D eigenvalue weighted by Crippen LogP contribution is 2.30. The van der Waals surface area contributed by atoms with Crippen LogP contribution in [-0.2, 0) is 0 Å². The summed E-state index contributed by atoms with van der Waals surface area (Å²) in [6.45, 7) is 0. The van der Waals surface area contributed by atoms with Crippen LogP contribution in [0.15, 0.2) is 4.52 Å². The van der Waals surface area contributed by atoms with Gasteiger partial charge in [0.1, 0.15) is 5.82 Å². The smallest absolute Gasteiger partial charge is 0.314 e. The van der Waals surface area contributed by atoms with Crippen molar-refractivity contribution in [3.05, 3.63) is 10.7 Å². The third kappa shape index (κ3) is 1.30. The highest BCUT2D eigenvalue weighted by Gasteiger charge is 2.27. The van der Waals surface area contributed by atoms with Gasteiger partial charge in [0.25, 0.3) is 0 Å². The highest BCUT2D eigenvalue weighted by atomic mass is 32.1. The van der Waals surface area contributed by atoms with E-state index in [2.05, 4.69) is 10.1 Å². The van der Waals surface area contributed by atoms with Gasteiger partial charge in [0.15, 0.2) is 0 Å². The molecule has 66 valence electrons. The van der Waals surface area contributed by atoms with Gasteiger partial charge in [0.05, 0.1) is 0 Å². The summed E-state index contributed by atoms with van der Waals surface area (Å²) < 4.78 is 4.85. The predicted octanol–water partition coefficient (Wildman–Crippen LogP) is 1.33. The van der Waals surface area contributed by atoms with Crippen LogP contribution in [0.4, 0.5) is 0 Å². The van der Waals surface area contributed by atoms with E-state index >= 15 is 0 Å². The van der Waals surface area contributed by atoms with Crippen LogP contribution in [0, 0.1) is 4.84 Å². The van der Waals surface area contributed by atoms with E-state index in [0.717, 1.165) is 18.7 Å². The van der Waals surface area contributed by atoms with Crippen LogP contribution in [0.5, 0.6) is 0 Å². The minimum atomic E-state index is 0.209. The summed E-state index contributed by atoms with van der Waals surface area (Å²) in [5.74, 6) is 1.12. The second kappa shape index (κ2) is 2.99. The summed E-state index contributed by atoms with van der Waals surface area (Å²) in [5, 5.41) is 2.71. The fraction of sp³-hybridized carbons (Fsp3) is 0.714. The summed E-state index contributed by atoms with van der Waals surface area (Å²) in [7, 11) is 0. The van der Waals surface area contributed by atoms with Crippen molar-refractivity contribution in [2.24, 2.45) is 5.73 Å². The fourth-order valence-electron chi connectivity index (χ4n) is 1.73. The molecule has 1 heterocycles. The highest BCUT2D eigenvalue weighted by molar-refractivity contribution is 7.71. The van der Waals surface area contributed by atoms with Crippen molar-refractivity contribution in [2.45, 2.75) is 31.2 Å². The molecule has 0 unspecified atom stereocenters. The lowest BCUT2D eigenvalue weighted by Crippen LogP contribution is -2.23. The van der Waals surface area contributed by atoms with E-state index in [9.17, 15) is 0 Å². The van der Waals surface area contributed by atoms with E-state index in [0.29, 0.717) is 5.92 Å². The van der Waals surface area contributed by atoms with Crippen molar-refractivity contribution in [1.82, 2.24) is 10.1 Å². The number of nitrogens with zero attached hydrogens (tertiary/aromatic N) is 1. The number of hydrogen-bond acceptors (Lipinski definition) is 4. The van der Waals surface area contributed by atoms with Gasteiger partial charge >= 0.3 is 4.84 Å². The first-order chi connectivity index (χ1) is 5.77. The zero-order valence-electron chi connectivity index (χ0n) is 6.62. The van der Waals surface area contributed by atoms with E-state index in [1.54, 1.807) is 0 Å². The third-order valence-corrected chi connectivity index (χ3v) is 2.55. The molecular formula is C7H11N3OS. The van der Waals surface area contributed by atoms with Crippen molar-refractivity contribution in [3.63, 3.8) is 0 Å². The maximum atomic E-state index is 5.88. The molecule has 1 aliphatic rings. The molecule has 5 heteroatoms. The van der Waals surface area contributed by atoms with Gasteiger partial charge in [-0.15, -0.1) is 0 Å². The van der Waals surface area contributed by atoms with E-state index in [1.165, 1.54) is 6.42 Å². The molecule has 4 nitrogen and oxygen atoms in total. The van der Waals surface area contributed by atoms with E-state index in [4.69, 9.17) is 22.5 Å². The molecule has 0 radical (unpaired) electrons. The molecule has 1 fully saturated rings. The van der Waals surface area contributed by atoms with Crippen LogP contribution in [0.1, 0.15) is 31.0 Å². The molecule has 0 amide bonds. The molecule has 0 aliphatic heterocycles. The predicted molar refractivity (Wildman–Crippen MR) is 46.3 cm³/mol. The molecule has 12 heavy (non-hydrogen) atoms. The molecule has 2 atom stereocenters. The quantitative estimate of drug-likeness (QED) is 0.648. The maximum absolute atomic E-state index is 5.88. The minimum absolute atomic E-state index is 0.209. The average molecular weight is 185 g/mol. The zero-order valence-corrected chi connectivity index (χ0v) is 7.43. The number of aromatic amines is 1. The van der Waals surface area contributed by atoms with E-state index < -0.39 is 0 Å². The van der Waals surface area contributed by atoms with Crippen molar-refractivity contribution >= 4 is 12.2 Å². The van der Waals surface area contributed by atoms with Crippen LogP contribution in [-0.4, -0.2) is 16.2 Å². The summed E-state index contributed by atoms with van der Waals surface area (Å²) in [6.07, 6.45) is 3.32. The van der Waals surface area contributed by atoms with Crippen molar-refractivity contribution in [3.8, 4) is 0 Å². The third-order valence-electron chi connectivity index (χ3n) is 2.38. The molecule has 1 aliphatic carbocycles. The molecule has 0 spiro atoms. The molecule has 1 saturated carbocycles. The first kappa shape index (κ1) is 7.94. The summed E-state index contributed by atoms with van der Waals surface area (Å²) in [5.41, 5.74) is 5.88. The number of aromatic nitrogens is 2. The Hall–Kier alpha value is -0.680. The Balaban J connectivity index is 2.24. The van der Waals surface area contributed by atoms with Gasteiger partial charge in [-0.1, -0.05) is 6.42 Å². The van der Waals surface area contributed by atoms with Crippen molar-refractivity contribution in [1.29, 1.82) is 0 Å². The molecule has 3 N–H and O–H groups in total. The summed E-state index contributed by atoms with van der Waals surface area (Å²) in [4.78, 5) is 4.32. The Bertz CT molecular complexity index is 318. The number of rotatable bonds is 1. The topological polar surface area (TPSA) is 67.8 Å². The van der Waals surface area contributed by atoms with Gasteiger partial charge in [-0.2, -0.15) is 4.98 Å². The number of H-pyrrole nitrogens is 1. The number of nitrogens with two attached hydrogens (primary N) is 1. The molecule has 0 saturated heterocycles. The maximum Gasteiger partial charge on any atom is 0.314 e. The fourth-order valence-corrected chi connectivity index (χ4v) is 1.87. The Morgan fingerprint density at radius 2 is 2.42 bits per heavy atom. The lowest BCUT2D eigenvalue weighted by atomic mass is 10.0. The van der Waals surface area contributed by atoms with Crippen molar-refractivity contribution in [2.75, 3.05) is 0 Å². The van der Waals surface area contributed by atoms with Gasteiger partial charge in [-0.3, -0.25) is 0 Å². The lowest BCUT2D eigenvalue weighted by Gasteiger charge is -2.09. The van der Waals surface area contributed by atoms with Crippen LogP contribution in [0.3, 0.4) is 0 Å². The van der Waals surface area contributed by atoms with Gasteiger partial charge in [0, 0.05) is 12.0 Å². The van der Waals surface area contributed by atoms with Crippen LogP contribution < -0.4 is 5.73 Å². The minimum Gasteiger partial charge on any atom is -0.348 e. The Labute approximate surface area is 75.1 Å². The molecule has 0 aromatic carbocycles. The zero-order chi connectivity index (χ0) is 8.55. The number of nitrogens with one attached hydrogen (secondary N) is 1. The summed E-state index contributed by atoms with van der Waals surface area (Å²) >= 11 is 4.76. The van der Waals surface area contributed by atoms with Crippen LogP contribution >= 0.6 is 12.2 Å². The molecule has 1 aromatic heterocycles. The average Bonchev–Trinajstić information content (AvgIpc) is 2.58. The van der Waals surface area contributed by atoms with Gasteiger partial charge in [-0.25, -0.2) is 5.16 Å². The first-order valence-electron chi connectivity index (χ1n) is 4.08. The second-order valence-electron chi connectivity index (χ2n) is 3.17. The Kier molecular flexibility index (Phi) is 1.98. The van der Waals surface area contributed by atoms with Crippen molar-refractivity contribution < 1.29 is 4.52 Å².